The minimum Gasteiger partial charge on any atom is -0.388 e. The van der Waals surface area contributed by atoms with Crippen LogP contribution in [0.15, 0.2) is 0 Å². The summed E-state index contributed by atoms with van der Waals surface area (Å²) >= 11 is 0. The molecule has 1 amide bonds. The molecule has 0 aromatic rings. The number of carbonyl (C=O) groups excluding carboxylic acids is 2. The van der Waals surface area contributed by atoms with Gasteiger partial charge in [-0.15, -0.1) is 0 Å². The van der Waals surface area contributed by atoms with Gasteiger partial charge in [0.2, 0.25) is 5.91 Å². The molecular weight excluding hydrogens is 554 g/mol. The van der Waals surface area contributed by atoms with Crippen LogP contribution in [0.5, 0.6) is 0 Å². The SMILES string of the molecule is CCCCCCCCCCCCCN(C[C@@]1(O)CC[C@@]2(C)[C@@H](CC[C@@H]3[C@@H]2CC[C@]2(C)C(=O)CC[C@@H]32)C1)C(=O)C(CC)CCCC. The molecule has 260 valence electrons. The van der Waals surface area contributed by atoms with Gasteiger partial charge >= 0.3 is 0 Å². The topological polar surface area (TPSA) is 57.6 Å². The summed E-state index contributed by atoms with van der Waals surface area (Å²) in [5.74, 6) is 3.42. The Hall–Kier alpha value is -0.900. The van der Waals surface area contributed by atoms with Crippen molar-refractivity contribution < 1.29 is 14.7 Å². The van der Waals surface area contributed by atoms with Crippen molar-refractivity contribution in [3.05, 3.63) is 0 Å². The summed E-state index contributed by atoms with van der Waals surface area (Å²) < 4.78 is 0. The van der Waals surface area contributed by atoms with Crippen molar-refractivity contribution in [3.8, 4) is 0 Å². The number of fused-ring (bicyclic) bond motifs is 5. The largest absolute Gasteiger partial charge is 0.388 e. The molecule has 0 aliphatic heterocycles. The molecule has 0 radical (unpaired) electrons. The average Bonchev–Trinajstić information content (AvgIpc) is 3.34. The molecular formula is C41H73NO3. The molecule has 0 saturated heterocycles. The molecule has 4 heteroatoms. The Morgan fingerprint density at radius 1 is 0.800 bits per heavy atom. The van der Waals surface area contributed by atoms with Crippen molar-refractivity contribution in [1.82, 2.24) is 4.90 Å². The molecule has 8 atom stereocenters. The lowest BCUT2D eigenvalue weighted by atomic mass is 9.44. The van der Waals surface area contributed by atoms with Crippen LogP contribution in [0.2, 0.25) is 0 Å². The second kappa shape index (κ2) is 17.0. The highest BCUT2D eigenvalue weighted by Crippen LogP contribution is 2.66. The summed E-state index contributed by atoms with van der Waals surface area (Å²) in [7, 11) is 0. The van der Waals surface area contributed by atoms with Crippen molar-refractivity contribution in [2.75, 3.05) is 13.1 Å². The van der Waals surface area contributed by atoms with Crippen molar-refractivity contribution in [3.63, 3.8) is 0 Å². The zero-order valence-electron chi connectivity index (χ0n) is 30.5. The first-order valence-electron chi connectivity index (χ1n) is 20.2. The zero-order chi connectivity index (χ0) is 32.5. The van der Waals surface area contributed by atoms with E-state index in [1.807, 2.05) is 0 Å². The maximum atomic E-state index is 14.0. The Kier molecular flexibility index (Phi) is 13.9. The van der Waals surface area contributed by atoms with Gasteiger partial charge in [0, 0.05) is 30.8 Å². The van der Waals surface area contributed by atoms with Crippen LogP contribution in [0.4, 0.5) is 0 Å². The summed E-state index contributed by atoms with van der Waals surface area (Å²) in [5.41, 5.74) is -0.567. The first kappa shape index (κ1) is 36.9. The number of carbonyl (C=O) groups is 2. The first-order chi connectivity index (χ1) is 21.6. The smallest absolute Gasteiger partial charge is 0.225 e. The second-order valence-corrected chi connectivity index (χ2v) is 17.0. The number of hydrogen-bond acceptors (Lipinski definition) is 3. The quantitative estimate of drug-likeness (QED) is 0.145. The van der Waals surface area contributed by atoms with Gasteiger partial charge in [-0.25, -0.2) is 0 Å². The van der Waals surface area contributed by atoms with Gasteiger partial charge in [-0.05, 0) is 99.7 Å². The predicted molar refractivity (Wildman–Crippen MR) is 188 cm³/mol. The van der Waals surface area contributed by atoms with Gasteiger partial charge in [-0.1, -0.05) is 112 Å². The lowest BCUT2D eigenvalue weighted by molar-refractivity contribution is -0.162. The Morgan fingerprint density at radius 2 is 1.44 bits per heavy atom. The normalized spacial score (nSPS) is 35.0. The van der Waals surface area contributed by atoms with E-state index in [1.54, 1.807) is 0 Å². The number of hydrogen-bond donors (Lipinski definition) is 1. The lowest BCUT2D eigenvalue weighted by Crippen LogP contribution is -2.58. The number of amides is 1. The fourth-order valence-corrected chi connectivity index (χ4v) is 11.0. The van der Waals surface area contributed by atoms with Crippen LogP contribution in [0, 0.1) is 40.4 Å². The van der Waals surface area contributed by atoms with E-state index in [-0.39, 0.29) is 16.7 Å². The Bertz CT molecular complexity index is 934. The molecule has 4 rings (SSSR count). The molecule has 0 spiro atoms. The van der Waals surface area contributed by atoms with Gasteiger partial charge in [-0.3, -0.25) is 9.59 Å². The van der Waals surface area contributed by atoms with Gasteiger partial charge in [0.05, 0.1) is 5.60 Å². The highest BCUT2D eigenvalue weighted by atomic mass is 16.3. The minimum absolute atomic E-state index is 0.0670. The molecule has 45 heavy (non-hydrogen) atoms. The first-order valence-corrected chi connectivity index (χ1v) is 20.2. The minimum atomic E-state index is -0.764. The summed E-state index contributed by atoms with van der Waals surface area (Å²) in [6.07, 6.45) is 27.9. The molecule has 4 saturated carbocycles. The second-order valence-electron chi connectivity index (χ2n) is 17.0. The van der Waals surface area contributed by atoms with E-state index in [2.05, 4.69) is 39.5 Å². The van der Waals surface area contributed by atoms with Crippen LogP contribution >= 0.6 is 0 Å². The van der Waals surface area contributed by atoms with Crippen LogP contribution in [0.25, 0.3) is 0 Å². The molecule has 4 aliphatic rings. The zero-order valence-corrected chi connectivity index (χ0v) is 30.5. The monoisotopic (exact) mass is 628 g/mol. The fraction of sp³-hybridized carbons (Fsp3) is 0.951. The van der Waals surface area contributed by atoms with E-state index in [4.69, 9.17) is 0 Å². The van der Waals surface area contributed by atoms with E-state index in [0.717, 1.165) is 77.2 Å². The highest BCUT2D eigenvalue weighted by molar-refractivity contribution is 5.87. The molecule has 1 unspecified atom stereocenters. The Morgan fingerprint density at radius 3 is 2.09 bits per heavy atom. The van der Waals surface area contributed by atoms with E-state index >= 15 is 0 Å². The number of ketones is 1. The number of aliphatic hydroxyl groups is 1. The third-order valence-corrected chi connectivity index (χ3v) is 14.1. The maximum Gasteiger partial charge on any atom is 0.225 e. The van der Waals surface area contributed by atoms with Gasteiger partial charge in [0.25, 0.3) is 0 Å². The third kappa shape index (κ3) is 8.77. The number of nitrogens with zero attached hydrogens (tertiary/aromatic N) is 1. The molecule has 1 N–H and O–H groups in total. The molecule has 0 bridgehead atoms. The molecule has 0 heterocycles. The van der Waals surface area contributed by atoms with Crippen LogP contribution < -0.4 is 0 Å². The summed E-state index contributed by atoms with van der Waals surface area (Å²) in [6.45, 7) is 12.8. The molecule has 0 aromatic carbocycles. The molecule has 4 aliphatic carbocycles. The van der Waals surface area contributed by atoms with Gasteiger partial charge in [0.15, 0.2) is 0 Å². The standard InChI is InChI=1S/C41H73NO3/c1-6-9-11-12-13-14-15-16-17-18-19-29-42(38(44)32(8-3)20-10-7-2)31-41(45)28-27-39(4)33(30-41)21-22-34-35-23-24-37(43)40(35,5)26-25-36(34)39/h32-36,45H,6-31H2,1-5H3/t32?,33-,34-,35-,36-,39-,40-,41+/m0/s1. The van der Waals surface area contributed by atoms with Crippen molar-refractivity contribution in [1.29, 1.82) is 0 Å². The van der Waals surface area contributed by atoms with Crippen molar-refractivity contribution in [2.45, 2.75) is 194 Å². The summed E-state index contributed by atoms with van der Waals surface area (Å²) in [4.78, 5) is 29.0. The number of rotatable bonds is 19. The predicted octanol–water partition coefficient (Wildman–Crippen LogP) is 10.7. The van der Waals surface area contributed by atoms with Crippen LogP contribution in [0.3, 0.4) is 0 Å². The van der Waals surface area contributed by atoms with Crippen molar-refractivity contribution >= 4 is 11.7 Å². The van der Waals surface area contributed by atoms with Crippen LogP contribution in [-0.2, 0) is 9.59 Å². The maximum absolute atomic E-state index is 14.0. The molecule has 4 nitrogen and oxygen atoms in total. The lowest BCUT2D eigenvalue weighted by Gasteiger charge is -2.61. The molecule has 0 aromatic heterocycles. The number of Topliss-reactive ketones (excluding diaryl/α,β-unsaturated/α-hetero) is 1. The Balaban J connectivity index is 1.33. The fourth-order valence-electron chi connectivity index (χ4n) is 11.0. The summed E-state index contributed by atoms with van der Waals surface area (Å²) in [6, 6.07) is 0. The van der Waals surface area contributed by atoms with E-state index < -0.39 is 5.60 Å². The van der Waals surface area contributed by atoms with E-state index in [1.165, 1.54) is 83.5 Å². The van der Waals surface area contributed by atoms with Crippen molar-refractivity contribution in [2.24, 2.45) is 40.4 Å². The van der Waals surface area contributed by atoms with Gasteiger partial charge in [-0.2, -0.15) is 0 Å². The van der Waals surface area contributed by atoms with Gasteiger partial charge < -0.3 is 10.0 Å². The van der Waals surface area contributed by atoms with Crippen LogP contribution in [-0.4, -0.2) is 40.4 Å². The Labute approximate surface area is 278 Å². The van der Waals surface area contributed by atoms with Crippen LogP contribution in [0.1, 0.15) is 189 Å². The summed E-state index contributed by atoms with van der Waals surface area (Å²) in [5, 5.41) is 12.2. The average molecular weight is 628 g/mol. The highest BCUT2D eigenvalue weighted by Gasteiger charge is 2.61. The van der Waals surface area contributed by atoms with E-state index in [9.17, 15) is 14.7 Å². The molecule has 4 fully saturated rings. The van der Waals surface area contributed by atoms with Gasteiger partial charge in [0.1, 0.15) is 5.78 Å². The number of unbranched alkanes of at least 4 members (excludes halogenated alkanes) is 11. The third-order valence-electron chi connectivity index (χ3n) is 14.1. The van der Waals surface area contributed by atoms with E-state index in [0.29, 0.717) is 41.9 Å².